The number of anilines is 5. The molecule has 0 unspecified atom stereocenters. The van der Waals surface area contributed by atoms with E-state index in [4.69, 9.17) is 0 Å². The molecule has 0 heterocycles. The average Bonchev–Trinajstić information content (AvgIpc) is 3.15. The summed E-state index contributed by atoms with van der Waals surface area (Å²) >= 11 is 0. The van der Waals surface area contributed by atoms with Crippen LogP contribution < -0.4 is 9.80 Å². The molecular formula is C49H44N2. The molecule has 0 N–H and O–H groups in total. The number of hydrogen-bond donors (Lipinski definition) is 0. The van der Waals surface area contributed by atoms with Gasteiger partial charge in [0.2, 0.25) is 0 Å². The molecule has 0 spiro atoms. The summed E-state index contributed by atoms with van der Waals surface area (Å²) in [5.74, 6) is 0. The predicted molar refractivity (Wildman–Crippen MR) is 220 cm³/mol. The Labute approximate surface area is 302 Å². The van der Waals surface area contributed by atoms with Crippen LogP contribution in [0.2, 0.25) is 0 Å². The zero-order valence-corrected chi connectivity index (χ0v) is 30.1. The average molecular weight is 661 g/mol. The van der Waals surface area contributed by atoms with Crippen LogP contribution in [0, 0.1) is 0 Å². The van der Waals surface area contributed by atoms with Gasteiger partial charge in [-0.25, -0.2) is 0 Å². The van der Waals surface area contributed by atoms with Crippen LogP contribution in [0.4, 0.5) is 28.4 Å². The summed E-state index contributed by atoms with van der Waals surface area (Å²) in [5.41, 5.74) is 8.01. The van der Waals surface area contributed by atoms with E-state index in [2.05, 4.69) is 220 Å². The van der Waals surface area contributed by atoms with E-state index in [1.807, 2.05) is 0 Å². The molecule has 250 valence electrons. The first-order chi connectivity index (χ1) is 24.6. The highest BCUT2D eigenvalue weighted by atomic mass is 15.2. The molecule has 0 radical (unpaired) electrons. The van der Waals surface area contributed by atoms with Gasteiger partial charge < -0.3 is 9.80 Å². The van der Waals surface area contributed by atoms with Crippen molar-refractivity contribution in [2.45, 2.75) is 45.6 Å². The third-order valence-corrected chi connectivity index (χ3v) is 10.4. The van der Waals surface area contributed by atoms with Gasteiger partial charge >= 0.3 is 0 Å². The van der Waals surface area contributed by atoms with Crippen molar-refractivity contribution in [3.8, 4) is 0 Å². The minimum absolute atomic E-state index is 0.0957. The van der Waals surface area contributed by atoms with E-state index in [9.17, 15) is 0 Å². The highest BCUT2D eigenvalue weighted by Crippen LogP contribution is 2.43. The fourth-order valence-electron chi connectivity index (χ4n) is 7.45. The summed E-state index contributed by atoms with van der Waals surface area (Å²) in [5, 5.41) is 7.38. The van der Waals surface area contributed by atoms with Crippen molar-refractivity contribution < 1.29 is 0 Å². The lowest BCUT2D eigenvalue weighted by molar-refractivity contribution is 0.533. The fraction of sp³-hybridized carbons (Fsp3) is 0.143. The zero-order valence-electron chi connectivity index (χ0n) is 30.1. The van der Waals surface area contributed by atoms with E-state index in [1.165, 1.54) is 43.4 Å². The van der Waals surface area contributed by atoms with Gasteiger partial charge in [0.15, 0.2) is 0 Å². The van der Waals surface area contributed by atoms with Gasteiger partial charge in [-0.3, -0.25) is 0 Å². The van der Waals surface area contributed by atoms with Gasteiger partial charge in [0, 0.05) is 28.4 Å². The van der Waals surface area contributed by atoms with Gasteiger partial charge in [0.1, 0.15) is 0 Å². The van der Waals surface area contributed by atoms with Crippen LogP contribution >= 0.6 is 0 Å². The van der Waals surface area contributed by atoms with Crippen LogP contribution in [0.15, 0.2) is 176 Å². The molecular weight excluding hydrogens is 617 g/mol. The number of hydrogen-bond acceptors (Lipinski definition) is 2. The van der Waals surface area contributed by atoms with E-state index in [1.54, 1.807) is 0 Å². The Morgan fingerprint density at radius 2 is 0.667 bits per heavy atom. The fourth-order valence-corrected chi connectivity index (χ4v) is 7.45. The lowest BCUT2D eigenvalue weighted by Gasteiger charge is -2.41. The van der Waals surface area contributed by atoms with Crippen molar-refractivity contribution in [3.05, 3.63) is 187 Å². The van der Waals surface area contributed by atoms with Crippen molar-refractivity contribution in [1.29, 1.82) is 0 Å². The van der Waals surface area contributed by atoms with Crippen LogP contribution in [-0.4, -0.2) is 0 Å². The predicted octanol–water partition coefficient (Wildman–Crippen LogP) is 14.0. The number of fused-ring (bicyclic) bond motifs is 3. The first kappa shape index (κ1) is 32.4. The first-order valence-electron chi connectivity index (χ1n) is 17.9. The molecule has 2 nitrogen and oxygen atoms in total. The van der Waals surface area contributed by atoms with E-state index < -0.39 is 0 Å². The maximum Gasteiger partial charge on any atom is 0.0646 e. The van der Waals surface area contributed by atoms with Gasteiger partial charge in [-0.15, -0.1) is 0 Å². The molecule has 51 heavy (non-hydrogen) atoms. The molecule has 2 heteroatoms. The molecule has 8 aromatic rings. The summed E-state index contributed by atoms with van der Waals surface area (Å²) in [6.07, 6.45) is 0. The third kappa shape index (κ3) is 6.23. The topological polar surface area (TPSA) is 6.48 Å². The molecule has 0 fully saturated rings. The standard InChI is InChI=1S/C49H44N2/c1-48(2,3)41-21-23-42(24-22-41)49(4,5)51(47-27-20-37-14-8-11-17-40(37)34-47)44-30-28-43(29-31-44)50(45-25-18-35-12-6-9-15-38(35)32-45)46-26-19-36-13-7-10-16-39(36)33-46/h6-34H,1-5H3. The molecule has 0 saturated carbocycles. The quantitative estimate of drug-likeness (QED) is 0.168. The van der Waals surface area contributed by atoms with Crippen molar-refractivity contribution >= 4 is 60.8 Å². The lowest BCUT2D eigenvalue weighted by Crippen LogP contribution is -2.38. The molecule has 8 rings (SSSR count). The normalized spacial score (nSPS) is 12.0. The highest BCUT2D eigenvalue weighted by molar-refractivity contribution is 5.93. The van der Waals surface area contributed by atoms with Crippen LogP contribution in [0.1, 0.15) is 45.7 Å². The van der Waals surface area contributed by atoms with Crippen LogP contribution in [0.5, 0.6) is 0 Å². The third-order valence-electron chi connectivity index (χ3n) is 10.4. The van der Waals surface area contributed by atoms with Crippen molar-refractivity contribution in [3.63, 3.8) is 0 Å². The Kier molecular flexibility index (Phi) is 8.11. The molecule has 8 aromatic carbocycles. The van der Waals surface area contributed by atoms with Gasteiger partial charge in [-0.2, -0.15) is 0 Å². The zero-order chi connectivity index (χ0) is 35.2. The summed E-state index contributed by atoms with van der Waals surface area (Å²) < 4.78 is 0. The van der Waals surface area contributed by atoms with E-state index in [0.717, 1.165) is 28.4 Å². The van der Waals surface area contributed by atoms with E-state index in [-0.39, 0.29) is 11.0 Å². The van der Waals surface area contributed by atoms with Crippen molar-refractivity contribution in [2.75, 3.05) is 9.80 Å². The SMILES string of the molecule is CC(C)(C)c1ccc(C(C)(C)N(c2ccc(N(c3ccc4ccccc4c3)c3ccc4ccccc4c3)cc2)c2ccc3ccccc3c2)cc1. The Balaban J connectivity index is 1.26. The summed E-state index contributed by atoms with van der Waals surface area (Å²) in [7, 11) is 0. The molecule has 0 aliphatic heterocycles. The van der Waals surface area contributed by atoms with Gasteiger partial charge in [0.05, 0.1) is 5.54 Å². The first-order valence-corrected chi connectivity index (χ1v) is 17.9. The number of benzene rings is 8. The molecule has 0 saturated heterocycles. The van der Waals surface area contributed by atoms with E-state index in [0.29, 0.717) is 0 Å². The van der Waals surface area contributed by atoms with Crippen LogP contribution in [0.25, 0.3) is 32.3 Å². The second kappa shape index (κ2) is 12.8. The maximum atomic E-state index is 2.49. The van der Waals surface area contributed by atoms with E-state index >= 15 is 0 Å². The van der Waals surface area contributed by atoms with Crippen molar-refractivity contribution in [1.82, 2.24) is 0 Å². The molecule has 0 amide bonds. The van der Waals surface area contributed by atoms with Crippen LogP contribution in [-0.2, 0) is 11.0 Å². The number of nitrogens with zero attached hydrogens (tertiary/aromatic N) is 2. The Bertz CT molecular complexity index is 2400. The second-order valence-corrected chi connectivity index (χ2v) is 15.2. The smallest absolute Gasteiger partial charge is 0.0646 e. The van der Waals surface area contributed by atoms with Gasteiger partial charge in [0.25, 0.3) is 0 Å². The molecule has 0 aliphatic rings. The number of rotatable bonds is 7. The lowest BCUT2D eigenvalue weighted by atomic mass is 9.84. The van der Waals surface area contributed by atoms with Crippen molar-refractivity contribution in [2.24, 2.45) is 0 Å². The Morgan fingerprint density at radius 1 is 0.314 bits per heavy atom. The molecule has 0 bridgehead atoms. The summed E-state index contributed by atoms with van der Waals surface area (Å²) in [4.78, 5) is 4.87. The highest BCUT2D eigenvalue weighted by Gasteiger charge is 2.31. The van der Waals surface area contributed by atoms with Gasteiger partial charge in [-0.1, -0.05) is 136 Å². The molecule has 0 aliphatic carbocycles. The second-order valence-electron chi connectivity index (χ2n) is 15.2. The monoisotopic (exact) mass is 660 g/mol. The Hall–Kier alpha value is -5.86. The minimum Gasteiger partial charge on any atom is -0.332 e. The molecule has 0 atom stereocenters. The largest absolute Gasteiger partial charge is 0.332 e. The minimum atomic E-state index is -0.350. The maximum absolute atomic E-state index is 2.49. The summed E-state index contributed by atoms with van der Waals surface area (Å²) in [6, 6.07) is 64.4. The summed E-state index contributed by atoms with van der Waals surface area (Å²) in [6.45, 7) is 11.5. The van der Waals surface area contributed by atoms with Crippen LogP contribution in [0.3, 0.4) is 0 Å². The Morgan fingerprint density at radius 3 is 1.12 bits per heavy atom. The van der Waals surface area contributed by atoms with Gasteiger partial charge in [-0.05, 0) is 123 Å². The molecule has 0 aromatic heterocycles.